The van der Waals surface area contributed by atoms with Gasteiger partial charge in [0.25, 0.3) is 0 Å². The Bertz CT molecular complexity index is 311. The predicted molar refractivity (Wildman–Crippen MR) is 57.4 cm³/mol. The first-order chi connectivity index (χ1) is 7.28. The van der Waals surface area contributed by atoms with Gasteiger partial charge < -0.3 is 4.42 Å². The Labute approximate surface area is 90.7 Å². The highest BCUT2D eigenvalue weighted by Crippen LogP contribution is 2.17. The van der Waals surface area contributed by atoms with Gasteiger partial charge >= 0.3 is 0 Å². The molecule has 0 saturated carbocycles. The molecule has 0 unspecified atom stereocenters. The van der Waals surface area contributed by atoms with Crippen molar-refractivity contribution in [3.8, 4) is 0 Å². The smallest absolute Gasteiger partial charge is 0.230 e. The van der Waals surface area contributed by atoms with E-state index in [2.05, 4.69) is 22.0 Å². The molecule has 1 atom stereocenters. The minimum atomic E-state index is 0.745. The van der Waals surface area contributed by atoms with Crippen LogP contribution in [-0.2, 0) is 13.0 Å². The van der Waals surface area contributed by atoms with Crippen LogP contribution in [0.5, 0.6) is 0 Å². The number of hydrogen-bond acceptors (Lipinski definition) is 4. The van der Waals surface area contributed by atoms with E-state index in [1.54, 1.807) is 0 Å². The Morgan fingerprint density at radius 1 is 1.40 bits per heavy atom. The average molecular weight is 209 g/mol. The van der Waals surface area contributed by atoms with Gasteiger partial charge in [-0.05, 0) is 25.3 Å². The minimum Gasteiger partial charge on any atom is -0.424 e. The Morgan fingerprint density at radius 2 is 2.20 bits per heavy atom. The molecule has 0 amide bonds. The average Bonchev–Trinajstić information content (AvgIpc) is 2.65. The van der Waals surface area contributed by atoms with Crippen LogP contribution in [0.25, 0.3) is 0 Å². The Morgan fingerprint density at radius 3 is 2.87 bits per heavy atom. The molecule has 4 nitrogen and oxygen atoms in total. The maximum atomic E-state index is 5.51. The zero-order chi connectivity index (χ0) is 10.7. The van der Waals surface area contributed by atoms with Crippen molar-refractivity contribution in [3.05, 3.63) is 11.8 Å². The highest BCUT2D eigenvalue weighted by molar-refractivity contribution is 4.82. The van der Waals surface area contributed by atoms with Crippen LogP contribution in [0.15, 0.2) is 4.42 Å². The summed E-state index contributed by atoms with van der Waals surface area (Å²) in [7, 11) is 0. The van der Waals surface area contributed by atoms with Crippen molar-refractivity contribution in [2.24, 2.45) is 5.92 Å². The number of nitrogens with zero attached hydrogens (tertiary/aromatic N) is 3. The van der Waals surface area contributed by atoms with Crippen LogP contribution in [0.1, 0.15) is 38.5 Å². The van der Waals surface area contributed by atoms with Gasteiger partial charge in [-0.2, -0.15) is 0 Å². The molecule has 1 aliphatic heterocycles. The molecule has 1 aromatic heterocycles. The second-order valence-corrected chi connectivity index (χ2v) is 4.43. The van der Waals surface area contributed by atoms with Gasteiger partial charge in [0.05, 0.1) is 6.54 Å². The zero-order valence-corrected chi connectivity index (χ0v) is 9.57. The third kappa shape index (κ3) is 2.78. The van der Waals surface area contributed by atoms with E-state index >= 15 is 0 Å². The van der Waals surface area contributed by atoms with Crippen molar-refractivity contribution in [1.82, 2.24) is 15.1 Å². The Hall–Kier alpha value is -0.900. The number of aryl methyl sites for hydroxylation is 1. The maximum Gasteiger partial charge on any atom is 0.230 e. The molecule has 0 bridgehead atoms. The van der Waals surface area contributed by atoms with Crippen molar-refractivity contribution in [2.45, 2.75) is 39.7 Å². The molecule has 84 valence electrons. The maximum absolute atomic E-state index is 5.51. The first-order valence-electron chi connectivity index (χ1n) is 5.81. The third-order valence-electron chi connectivity index (χ3n) is 2.91. The van der Waals surface area contributed by atoms with Crippen molar-refractivity contribution in [3.63, 3.8) is 0 Å². The number of rotatable bonds is 3. The molecule has 2 heterocycles. The van der Waals surface area contributed by atoms with Crippen LogP contribution in [-0.4, -0.2) is 28.2 Å². The van der Waals surface area contributed by atoms with E-state index in [4.69, 9.17) is 4.42 Å². The van der Waals surface area contributed by atoms with Crippen molar-refractivity contribution < 1.29 is 4.42 Å². The molecule has 1 aliphatic rings. The highest BCUT2D eigenvalue weighted by atomic mass is 16.4. The lowest BCUT2D eigenvalue weighted by atomic mass is 10.0. The van der Waals surface area contributed by atoms with Crippen LogP contribution >= 0.6 is 0 Å². The molecule has 0 aliphatic carbocycles. The third-order valence-corrected chi connectivity index (χ3v) is 2.91. The quantitative estimate of drug-likeness (QED) is 0.762. The monoisotopic (exact) mass is 209 g/mol. The summed E-state index contributed by atoms with van der Waals surface area (Å²) in [6, 6.07) is 0. The van der Waals surface area contributed by atoms with E-state index in [0.29, 0.717) is 0 Å². The largest absolute Gasteiger partial charge is 0.424 e. The highest BCUT2D eigenvalue weighted by Gasteiger charge is 2.18. The summed E-state index contributed by atoms with van der Waals surface area (Å²) in [5.74, 6) is 2.31. The van der Waals surface area contributed by atoms with Gasteiger partial charge in [-0.3, -0.25) is 4.90 Å². The molecular weight excluding hydrogens is 190 g/mol. The fourth-order valence-electron chi connectivity index (χ4n) is 2.12. The molecule has 0 spiro atoms. The van der Waals surface area contributed by atoms with Gasteiger partial charge in [-0.1, -0.05) is 13.8 Å². The molecule has 1 fully saturated rings. The first kappa shape index (κ1) is 10.6. The molecule has 0 aromatic carbocycles. The SMILES string of the molecule is CCc1nnc(CN2CCC[C@H](C)C2)o1. The molecule has 1 saturated heterocycles. The van der Waals surface area contributed by atoms with Gasteiger partial charge in [-0.25, -0.2) is 0 Å². The van der Waals surface area contributed by atoms with E-state index < -0.39 is 0 Å². The fraction of sp³-hybridized carbons (Fsp3) is 0.818. The first-order valence-corrected chi connectivity index (χ1v) is 5.81. The topological polar surface area (TPSA) is 42.2 Å². The summed E-state index contributed by atoms with van der Waals surface area (Å²) in [4.78, 5) is 2.40. The lowest BCUT2D eigenvalue weighted by molar-refractivity contribution is 0.162. The fourth-order valence-corrected chi connectivity index (χ4v) is 2.12. The van der Waals surface area contributed by atoms with Crippen molar-refractivity contribution in [1.29, 1.82) is 0 Å². The second-order valence-electron chi connectivity index (χ2n) is 4.43. The molecule has 15 heavy (non-hydrogen) atoms. The van der Waals surface area contributed by atoms with Crippen LogP contribution in [0.3, 0.4) is 0 Å². The standard InChI is InChI=1S/C11H19N3O/c1-3-10-12-13-11(15-10)8-14-6-4-5-9(2)7-14/h9H,3-8H2,1-2H3/t9-/m0/s1. The van der Waals surface area contributed by atoms with Crippen molar-refractivity contribution >= 4 is 0 Å². The summed E-state index contributed by atoms with van der Waals surface area (Å²) >= 11 is 0. The summed E-state index contributed by atoms with van der Waals surface area (Å²) < 4.78 is 5.51. The number of aromatic nitrogens is 2. The van der Waals surface area contributed by atoms with Crippen molar-refractivity contribution in [2.75, 3.05) is 13.1 Å². The van der Waals surface area contributed by atoms with Crippen LogP contribution in [0.2, 0.25) is 0 Å². The normalized spacial score (nSPS) is 23.2. The van der Waals surface area contributed by atoms with Gasteiger partial charge in [0, 0.05) is 13.0 Å². The molecule has 0 N–H and O–H groups in total. The van der Waals surface area contributed by atoms with Crippen LogP contribution < -0.4 is 0 Å². The lowest BCUT2D eigenvalue weighted by Crippen LogP contribution is -2.33. The number of hydrogen-bond donors (Lipinski definition) is 0. The van der Waals surface area contributed by atoms with Gasteiger partial charge in [0.2, 0.25) is 11.8 Å². The summed E-state index contributed by atoms with van der Waals surface area (Å²) in [6.07, 6.45) is 3.46. The Balaban J connectivity index is 1.90. The van der Waals surface area contributed by atoms with E-state index in [0.717, 1.165) is 43.8 Å². The Kier molecular flexibility index (Phi) is 3.36. The van der Waals surface area contributed by atoms with E-state index in [1.165, 1.54) is 12.8 Å². The number of likely N-dealkylation sites (tertiary alicyclic amines) is 1. The zero-order valence-electron chi connectivity index (χ0n) is 9.57. The summed E-state index contributed by atoms with van der Waals surface area (Å²) in [5, 5.41) is 8.02. The minimum absolute atomic E-state index is 0.745. The van der Waals surface area contributed by atoms with Crippen LogP contribution in [0, 0.1) is 5.92 Å². The summed E-state index contributed by atoms with van der Waals surface area (Å²) in [6.45, 7) is 7.47. The molecule has 2 rings (SSSR count). The molecule has 1 aromatic rings. The number of piperidine rings is 1. The second kappa shape index (κ2) is 4.75. The predicted octanol–water partition coefficient (Wildman–Crippen LogP) is 1.86. The van der Waals surface area contributed by atoms with E-state index in [-0.39, 0.29) is 0 Å². The van der Waals surface area contributed by atoms with Crippen LogP contribution in [0.4, 0.5) is 0 Å². The molecular formula is C11H19N3O. The molecule has 4 heteroatoms. The lowest BCUT2D eigenvalue weighted by Gasteiger charge is -2.29. The van der Waals surface area contributed by atoms with Gasteiger partial charge in [0.15, 0.2) is 0 Å². The van der Waals surface area contributed by atoms with Gasteiger partial charge in [-0.15, -0.1) is 10.2 Å². The van der Waals surface area contributed by atoms with E-state index in [1.807, 2.05) is 6.92 Å². The van der Waals surface area contributed by atoms with Gasteiger partial charge in [0.1, 0.15) is 0 Å². The summed E-state index contributed by atoms with van der Waals surface area (Å²) in [5.41, 5.74) is 0. The molecule has 0 radical (unpaired) electrons. The van der Waals surface area contributed by atoms with E-state index in [9.17, 15) is 0 Å².